The maximum absolute atomic E-state index is 12.4. The Bertz CT molecular complexity index is 845. The van der Waals surface area contributed by atoms with Crippen LogP contribution in [0.3, 0.4) is 0 Å². The Labute approximate surface area is 170 Å². The van der Waals surface area contributed by atoms with Crippen LogP contribution in [-0.2, 0) is 16.3 Å². The van der Waals surface area contributed by atoms with E-state index in [2.05, 4.69) is 0 Å². The summed E-state index contributed by atoms with van der Waals surface area (Å²) in [5.41, 5.74) is 2.67. The quantitative estimate of drug-likeness (QED) is 0.384. The Morgan fingerprint density at radius 3 is 1.89 bits per heavy atom. The van der Waals surface area contributed by atoms with Crippen molar-refractivity contribution in [2.45, 2.75) is 64.0 Å². The maximum Gasteiger partial charge on any atom is 0.193 e. The van der Waals surface area contributed by atoms with Gasteiger partial charge in [0.1, 0.15) is 0 Å². The third-order valence-corrected chi connectivity index (χ3v) is 7.76. The minimum absolute atomic E-state index is 0.0531. The van der Waals surface area contributed by atoms with Gasteiger partial charge in [-0.25, -0.2) is 8.42 Å². The first-order valence-corrected chi connectivity index (χ1v) is 11.8. The van der Waals surface area contributed by atoms with Crippen molar-refractivity contribution in [2.75, 3.05) is 5.75 Å². The summed E-state index contributed by atoms with van der Waals surface area (Å²) in [4.78, 5) is 12.4. The molecule has 0 fully saturated rings. The van der Waals surface area contributed by atoms with Gasteiger partial charge in [0.05, 0.1) is 10.5 Å². The molecule has 0 heterocycles. The van der Waals surface area contributed by atoms with E-state index in [1.165, 1.54) is 5.56 Å². The molecule has 4 heteroatoms. The number of sulfone groups is 1. The smallest absolute Gasteiger partial charge is 0.193 e. The molecule has 2 aromatic carbocycles. The van der Waals surface area contributed by atoms with Crippen molar-refractivity contribution in [3.8, 4) is 0 Å². The predicted octanol–water partition coefficient (Wildman–Crippen LogP) is 5.62. The van der Waals surface area contributed by atoms with E-state index in [0.29, 0.717) is 5.56 Å². The zero-order valence-electron chi connectivity index (χ0n) is 17.3. The molecule has 0 N–H and O–H groups in total. The van der Waals surface area contributed by atoms with Gasteiger partial charge in [0.25, 0.3) is 0 Å². The molecule has 0 saturated heterocycles. The van der Waals surface area contributed by atoms with E-state index in [1.54, 1.807) is 20.8 Å². The minimum Gasteiger partial charge on any atom is -0.289 e. The molecule has 0 radical (unpaired) electrons. The lowest BCUT2D eigenvalue weighted by atomic mass is 10.00. The van der Waals surface area contributed by atoms with E-state index < -0.39 is 14.6 Å². The van der Waals surface area contributed by atoms with E-state index >= 15 is 0 Å². The molecular weight excluding hydrogens is 368 g/mol. The van der Waals surface area contributed by atoms with E-state index in [1.807, 2.05) is 54.6 Å². The highest BCUT2D eigenvalue weighted by Gasteiger charge is 2.27. The zero-order chi connectivity index (χ0) is 20.6. The van der Waals surface area contributed by atoms with Crippen molar-refractivity contribution in [1.29, 1.82) is 0 Å². The summed E-state index contributed by atoms with van der Waals surface area (Å²) in [5, 5.41) is 0. The molecule has 0 atom stereocenters. The molecule has 152 valence electrons. The van der Waals surface area contributed by atoms with Crippen molar-refractivity contribution in [3.05, 3.63) is 71.3 Å². The largest absolute Gasteiger partial charge is 0.289 e. The molecule has 2 rings (SSSR count). The number of benzene rings is 2. The summed E-state index contributed by atoms with van der Waals surface area (Å²) >= 11 is 0. The Kier molecular flexibility index (Phi) is 7.99. The maximum atomic E-state index is 12.4. The average Bonchev–Trinajstić information content (AvgIpc) is 2.67. The number of rotatable bonds is 10. The highest BCUT2D eigenvalue weighted by atomic mass is 32.2. The molecule has 3 nitrogen and oxygen atoms in total. The number of unbranched alkanes of at least 4 members (excludes halogenated alkanes) is 4. The highest BCUT2D eigenvalue weighted by Crippen LogP contribution is 2.18. The van der Waals surface area contributed by atoms with Crippen molar-refractivity contribution >= 4 is 15.6 Å². The molecule has 0 aliphatic carbocycles. The van der Waals surface area contributed by atoms with Gasteiger partial charge in [0.2, 0.25) is 0 Å². The Morgan fingerprint density at radius 2 is 1.29 bits per heavy atom. The second kappa shape index (κ2) is 10.0. The van der Waals surface area contributed by atoms with Crippen LogP contribution in [0.5, 0.6) is 0 Å². The zero-order valence-corrected chi connectivity index (χ0v) is 18.1. The van der Waals surface area contributed by atoms with Gasteiger partial charge < -0.3 is 0 Å². The van der Waals surface area contributed by atoms with Gasteiger partial charge in [-0.2, -0.15) is 0 Å². The van der Waals surface area contributed by atoms with Crippen molar-refractivity contribution in [3.63, 3.8) is 0 Å². The topological polar surface area (TPSA) is 51.2 Å². The summed E-state index contributed by atoms with van der Waals surface area (Å²) in [6.45, 7) is 5.29. The van der Waals surface area contributed by atoms with Crippen molar-refractivity contribution in [2.24, 2.45) is 0 Å². The lowest BCUT2D eigenvalue weighted by Gasteiger charge is -2.18. The molecule has 0 unspecified atom stereocenters. The molecule has 0 bridgehead atoms. The Morgan fingerprint density at radius 1 is 0.750 bits per heavy atom. The average molecular weight is 401 g/mol. The molecule has 0 spiro atoms. The second-order valence-corrected chi connectivity index (χ2v) is 11.2. The van der Waals surface area contributed by atoms with Crippen LogP contribution < -0.4 is 0 Å². The number of carbonyl (C=O) groups excluding carboxylic acids is 1. The van der Waals surface area contributed by atoms with E-state index in [0.717, 1.165) is 44.1 Å². The molecule has 0 saturated carbocycles. The van der Waals surface area contributed by atoms with Gasteiger partial charge in [-0.15, -0.1) is 0 Å². The normalized spacial score (nSPS) is 12.1. The molecule has 0 aliphatic heterocycles. The third kappa shape index (κ3) is 6.59. The van der Waals surface area contributed by atoms with E-state index in [4.69, 9.17) is 0 Å². The van der Waals surface area contributed by atoms with Crippen LogP contribution in [0.15, 0.2) is 54.6 Å². The van der Waals surface area contributed by atoms with Crippen LogP contribution in [0.1, 0.15) is 74.4 Å². The van der Waals surface area contributed by atoms with Crippen LogP contribution in [0.2, 0.25) is 0 Å². The summed E-state index contributed by atoms with van der Waals surface area (Å²) < 4.78 is 23.5. The molecule has 28 heavy (non-hydrogen) atoms. The van der Waals surface area contributed by atoms with Crippen LogP contribution in [0.25, 0.3) is 0 Å². The number of hydrogen-bond acceptors (Lipinski definition) is 3. The predicted molar refractivity (Wildman–Crippen MR) is 117 cm³/mol. The van der Waals surface area contributed by atoms with Crippen molar-refractivity contribution < 1.29 is 13.2 Å². The summed E-state index contributed by atoms with van der Waals surface area (Å²) in [5.74, 6) is 0.338. The van der Waals surface area contributed by atoms with E-state index in [9.17, 15) is 13.2 Å². The molecule has 2 aromatic rings. The summed E-state index contributed by atoms with van der Waals surface area (Å²) in [6, 6.07) is 17.2. The second-order valence-electron chi connectivity index (χ2n) is 8.34. The standard InChI is InChI=1S/C24H32O3S/c1-24(2,3)28(26,27)19-11-6-4-5-8-12-20-15-17-22(18-16-20)23(25)21-13-9-7-10-14-21/h7,9-10,13-18H,4-6,8,11-12,19H2,1-3H3. The lowest BCUT2D eigenvalue weighted by Crippen LogP contribution is -2.30. The van der Waals surface area contributed by atoms with Gasteiger partial charge in [0, 0.05) is 11.1 Å². The van der Waals surface area contributed by atoms with Gasteiger partial charge in [-0.05, 0) is 45.6 Å². The highest BCUT2D eigenvalue weighted by molar-refractivity contribution is 7.92. The van der Waals surface area contributed by atoms with Crippen LogP contribution >= 0.6 is 0 Å². The summed E-state index contributed by atoms with van der Waals surface area (Å²) in [6.07, 6.45) is 5.93. The fraction of sp³-hybridized carbons (Fsp3) is 0.458. The Hall–Kier alpha value is -1.94. The molecule has 0 aliphatic rings. The fourth-order valence-electron chi connectivity index (χ4n) is 3.04. The molecule has 0 amide bonds. The van der Waals surface area contributed by atoms with Gasteiger partial charge in [-0.1, -0.05) is 73.9 Å². The first kappa shape index (κ1) is 22.4. The van der Waals surface area contributed by atoms with Crippen LogP contribution in [0.4, 0.5) is 0 Å². The van der Waals surface area contributed by atoms with Gasteiger partial charge in [0.15, 0.2) is 15.6 Å². The van der Waals surface area contributed by atoms with Gasteiger partial charge in [-0.3, -0.25) is 4.79 Å². The SMILES string of the molecule is CC(C)(C)S(=O)(=O)CCCCCCCc1ccc(C(=O)c2ccccc2)cc1. The Balaban J connectivity index is 1.68. The third-order valence-electron chi connectivity index (χ3n) is 5.06. The van der Waals surface area contributed by atoms with Crippen LogP contribution in [-0.4, -0.2) is 24.7 Å². The monoisotopic (exact) mass is 400 g/mol. The van der Waals surface area contributed by atoms with E-state index in [-0.39, 0.29) is 11.5 Å². The number of carbonyl (C=O) groups is 1. The first-order chi connectivity index (χ1) is 13.2. The summed E-state index contributed by atoms with van der Waals surface area (Å²) in [7, 11) is -2.99. The van der Waals surface area contributed by atoms with Crippen molar-refractivity contribution in [1.82, 2.24) is 0 Å². The number of ketones is 1. The minimum atomic E-state index is -2.99. The van der Waals surface area contributed by atoms with Crippen LogP contribution in [0, 0.1) is 0 Å². The first-order valence-electron chi connectivity index (χ1n) is 10.1. The lowest BCUT2D eigenvalue weighted by molar-refractivity contribution is 0.103. The molecule has 0 aromatic heterocycles. The number of hydrogen-bond donors (Lipinski definition) is 0. The molecular formula is C24H32O3S. The van der Waals surface area contributed by atoms with Gasteiger partial charge >= 0.3 is 0 Å². The fourth-order valence-corrected chi connectivity index (χ4v) is 4.23. The number of aryl methyl sites for hydroxylation is 1.